The molecule has 0 aliphatic heterocycles. The molecule has 2 heterocycles. The average molecular weight is 380 g/mol. The molecular weight excluding hydrogens is 368 g/mol. The van der Waals surface area contributed by atoms with Crippen molar-refractivity contribution >= 4 is 50.5 Å². The second-order valence-electron chi connectivity index (χ2n) is 5.23. The van der Waals surface area contributed by atoms with Gasteiger partial charge >= 0.3 is 11.0 Å². The van der Waals surface area contributed by atoms with Crippen LogP contribution in [0.2, 0.25) is 0 Å². The second kappa shape index (κ2) is 6.61. The second-order valence-corrected chi connectivity index (χ2v) is 7.40. The third kappa shape index (κ3) is 3.37. The number of hydrogen-bond donors (Lipinski definition) is 3. The van der Waals surface area contributed by atoms with Gasteiger partial charge in [0.05, 0.1) is 15.4 Å². The van der Waals surface area contributed by atoms with Gasteiger partial charge in [0.15, 0.2) is 0 Å². The lowest BCUT2D eigenvalue weighted by Gasteiger charge is -2.07. The third-order valence-corrected chi connectivity index (χ3v) is 5.85. The molecule has 0 radical (unpaired) electrons. The van der Waals surface area contributed by atoms with Crippen LogP contribution in [0.1, 0.15) is 36.9 Å². The standard InChI is InChI=1S/C14H12N4O5S2/c15-14(21)17-12(20)10-6-2-1-3-7(6)25-13(10)16-11(19)8-4-5-9(24-8)18(22)23/h4-5H,1-3H2,(H,16,19)(H3,15,17,20,21). The number of fused-ring (bicyclic) bond motifs is 1. The van der Waals surface area contributed by atoms with Crippen molar-refractivity contribution in [2.24, 2.45) is 5.73 Å². The summed E-state index contributed by atoms with van der Waals surface area (Å²) >= 11 is 2.01. The minimum atomic E-state index is -0.978. The van der Waals surface area contributed by atoms with Gasteiger partial charge in [-0.1, -0.05) is 11.3 Å². The number of urea groups is 1. The summed E-state index contributed by atoms with van der Waals surface area (Å²) in [6.45, 7) is 0. The molecule has 4 N–H and O–H groups in total. The van der Waals surface area contributed by atoms with Crippen molar-refractivity contribution in [3.63, 3.8) is 0 Å². The van der Waals surface area contributed by atoms with Crippen molar-refractivity contribution < 1.29 is 19.3 Å². The van der Waals surface area contributed by atoms with Gasteiger partial charge < -0.3 is 11.1 Å². The first-order chi connectivity index (χ1) is 11.9. The molecule has 11 heteroatoms. The summed E-state index contributed by atoms with van der Waals surface area (Å²) in [5, 5.41) is 15.5. The number of nitro groups is 1. The van der Waals surface area contributed by atoms with Crippen LogP contribution in [0.15, 0.2) is 12.1 Å². The molecule has 4 amide bonds. The van der Waals surface area contributed by atoms with E-state index in [0.717, 1.165) is 34.6 Å². The fraction of sp³-hybridized carbons (Fsp3) is 0.214. The van der Waals surface area contributed by atoms with Crippen LogP contribution in [0, 0.1) is 10.1 Å². The molecule has 1 aliphatic rings. The predicted octanol–water partition coefficient (Wildman–Crippen LogP) is 2.27. The predicted molar refractivity (Wildman–Crippen MR) is 92.3 cm³/mol. The molecule has 1 aliphatic carbocycles. The smallest absolute Gasteiger partial charge is 0.324 e. The lowest BCUT2D eigenvalue weighted by atomic mass is 10.1. The summed E-state index contributed by atoms with van der Waals surface area (Å²) in [5.41, 5.74) is 6.04. The van der Waals surface area contributed by atoms with Crippen LogP contribution < -0.4 is 16.4 Å². The van der Waals surface area contributed by atoms with Gasteiger partial charge in [0.25, 0.3) is 11.8 Å². The summed E-state index contributed by atoms with van der Waals surface area (Å²) < 4.78 is 0. The maximum absolute atomic E-state index is 12.3. The Morgan fingerprint density at radius 3 is 2.56 bits per heavy atom. The number of aryl methyl sites for hydroxylation is 1. The van der Waals surface area contributed by atoms with Gasteiger partial charge in [-0.25, -0.2) is 4.79 Å². The number of nitrogens with two attached hydrogens (primary N) is 1. The van der Waals surface area contributed by atoms with Gasteiger partial charge in [-0.15, -0.1) is 11.3 Å². The van der Waals surface area contributed by atoms with Gasteiger partial charge in [-0.2, -0.15) is 0 Å². The molecule has 0 fully saturated rings. The Kier molecular flexibility index (Phi) is 4.51. The lowest BCUT2D eigenvalue weighted by molar-refractivity contribution is -0.380. The number of rotatable bonds is 4. The Hall–Kier alpha value is -2.79. The summed E-state index contributed by atoms with van der Waals surface area (Å²) in [7, 11) is 0. The normalized spacial score (nSPS) is 12.5. The average Bonchev–Trinajstić information content (AvgIpc) is 3.20. The molecule has 2 aromatic heterocycles. The molecule has 0 saturated carbocycles. The number of nitrogens with one attached hydrogen (secondary N) is 2. The molecule has 0 saturated heterocycles. The van der Waals surface area contributed by atoms with Gasteiger partial charge in [0.1, 0.15) is 5.00 Å². The van der Waals surface area contributed by atoms with Crippen molar-refractivity contribution in [3.8, 4) is 0 Å². The van der Waals surface area contributed by atoms with Crippen LogP contribution in [-0.2, 0) is 12.8 Å². The highest BCUT2D eigenvalue weighted by Crippen LogP contribution is 2.39. The first kappa shape index (κ1) is 17.0. The topological polar surface area (TPSA) is 144 Å². The number of nitrogens with zero attached hydrogens (tertiary/aromatic N) is 1. The quantitative estimate of drug-likeness (QED) is 0.550. The Balaban J connectivity index is 1.89. The first-order valence-corrected chi connectivity index (χ1v) is 8.81. The lowest BCUT2D eigenvalue weighted by Crippen LogP contribution is -2.35. The van der Waals surface area contributed by atoms with E-state index in [2.05, 4.69) is 5.32 Å². The number of imide groups is 1. The molecule has 3 rings (SSSR count). The van der Waals surface area contributed by atoms with Gasteiger partial charge in [0.2, 0.25) is 0 Å². The number of hydrogen-bond acceptors (Lipinski definition) is 7. The minimum absolute atomic E-state index is 0.148. The Morgan fingerprint density at radius 2 is 1.92 bits per heavy atom. The first-order valence-electron chi connectivity index (χ1n) is 7.17. The highest BCUT2D eigenvalue weighted by Gasteiger charge is 2.28. The Morgan fingerprint density at radius 1 is 1.16 bits per heavy atom. The summed E-state index contributed by atoms with van der Waals surface area (Å²) in [4.78, 5) is 46.8. The van der Waals surface area contributed by atoms with Gasteiger partial charge in [-0.05, 0) is 30.9 Å². The van der Waals surface area contributed by atoms with E-state index in [1.54, 1.807) is 0 Å². The summed E-state index contributed by atoms with van der Waals surface area (Å²) in [5.74, 6) is -1.22. The largest absolute Gasteiger partial charge is 0.351 e. The van der Waals surface area contributed by atoms with E-state index >= 15 is 0 Å². The minimum Gasteiger partial charge on any atom is -0.351 e. The van der Waals surface area contributed by atoms with E-state index < -0.39 is 22.8 Å². The molecule has 25 heavy (non-hydrogen) atoms. The van der Waals surface area contributed by atoms with Crippen molar-refractivity contribution in [2.75, 3.05) is 5.32 Å². The van der Waals surface area contributed by atoms with Crippen LogP contribution in [0.5, 0.6) is 0 Å². The number of thiophene rings is 2. The summed E-state index contributed by atoms with van der Waals surface area (Å²) in [6.07, 6.45) is 2.36. The fourth-order valence-electron chi connectivity index (χ4n) is 2.62. The van der Waals surface area contributed by atoms with Crippen molar-refractivity contribution in [2.45, 2.75) is 19.3 Å². The molecule has 0 atom stereocenters. The van der Waals surface area contributed by atoms with E-state index in [4.69, 9.17) is 5.73 Å². The van der Waals surface area contributed by atoms with Crippen LogP contribution in [0.3, 0.4) is 0 Å². The van der Waals surface area contributed by atoms with E-state index in [-0.39, 0.29) is 15.4 Å². The van der Waals surface area contributed by atoms with Crippen molar-refractivity contribution in [1.82, 2.24) is 5.32 Å². The number of primary amides is 1. The highest BCUT2D eigenvalue weighted by atomic mass is 32.1. The number of amides is 4. The van der Waals surface area contributed by atoms with E-state index in [0.29, 0.717) is 11.4 Å². The highest BCUT2D eigenvalue weighted by molar-refractivity contribution is 7.18. The zero-order valence-corrected chi connectivity index (χ0v) is 14.3. The Bertz CT molecular complexity index is 901. The van der Waals surface area contributed by atoms with Crippen LogP contribution >= 0.6 is 22.7 Å². The number of anilines is 1. The Labute approximate surface area is 149 Å². The molecule has 0 aromatic carbocycles. The van der Waals surface area contributed by atoms with Crippen LogP contribution in [0.4, 0.5) is 14.8 Å². The maximum atomic E-state index is 12.3. The maximum Gasteiger partial charge on any atom is 0.324 e. The summed E-state index contributed by atoms with van der Waals surface area (Å²) in [6, 6.07) is 1.62. The molecule has 0 bridgehead atoms. The van der Waals surface area contributed by atoms with Crippen LogP contribution in [0.25, 0.3) is 0 Å². The molecule has 0 unspecified atom stereocenters. The molecular formula is C14H12N4O5S2. The fourth-order valence-corrected chi connectivity index (χ4v) is 4.62. The molecule has 0 spiro atoms. The van der Waals surface area contributed by atoms with Crippen molar-refractivity contribution in [3.05, 3.63) is 43.1 Å². The monoisotopic (exact) mass is 380 g/mol. The third-order valence-electron chi connectivity index (χ3n) is 3.61. The van der Waals surface area contributed by atoms with E-state index in [1.807, 2.05) is 5.32 Å². The number of carbonyl (C=O) groups is 3. The zero-order chi connectivity index (χ0) is 18.1. The van der Waals surface area contributed by atoms with E-state index in [1.165, 1.54) is 23.5 Å². The van der Waals surface area contributed by atoms with Crippen LogP contribution in [-0.4, -0.2) is 22.8 Å². The van der Waals surface area contributed by atoms with Gasteiger partial charge in [0, 0.05) is 10.9 Å². The molecule has 2 aromatic rings. The zero-order valence-electron chi connectivity index (χ0n) is 12.7. The van der Waals surface area contributed by atoms with E-state index in [9.17, 15) is 24.5 Å². The van der Waals surface area contributed by atoms with Gasteiger partial charge in [-0.3, -0.25) is 25.0 Å². The van der Waals surface area contributed by atoms with Crippen molar-refractivity contribution in [1.29, 1.82) is 0 Å². The molecule has 9 nitrogen and oxygen atoms in total. The molecule has 130 valence electrons. The number of carbonyl (C=O) groups excluding carboxylic acids is 3. The SMILES string of the molecule is NC(=O)NC(=O)c1c(NC(=O)c2ccc([N+](=O)[O-])s2)sc2c1CCC2.